The van der Waals surface area contributed by atoms with Gasteiger partial charge in [-0.3, -0.25) is 4.79 Å². The minimum Gasteiger partial charge on any atom is -0.490 e. The topological polar surface area (TPSA) is 77.0 Å². The third kappa shape index (κ3) is 5.92. The van der Waals surface area contributed by atoms with Crippen LogP contribution >= 0.6 is 22.9 Å². The molecule has 0 saturated heterocycles. The third-order valence-corrected chi connectivity index (χ3v) is 5.09. The summed E-state index contributed by atoms with van der Waals surface area (Å²) < 4.78 is 11.0. The minimum atomic E-state index is -0.580. The van der Waals surface area contributed by atoms with Crippen LogP contribution < -0.4 is 14.9 Å². The van der Waals surface area contributed by atoms with Crippen LogP contribution in [0.4, 0.5) is 0 Å². The lowest BCUT2D eigenvalue weighted by Crippen LogP contribution is -2.19. The first kappa shape index (κ1) is 21.5. The van der Waals surface area contributed by atoms with Crippen LogP contribution in [0.15, 0.2) is 65.1 Å². The van der Waals surface area contributed by atoms with Crippen molar-refractivity contribution in [3.05, 3.63) is 81.0 Å². The van der Waals surface area contributed by atoms with Gasteiger partial charge >= 0.3 is 5.97 Å². The molecule has 0 radical (unpaired) electrons. The number of thiophene rings is 1. The number of benzene rings is 2. The molecule has 0 aliphatic heterocycles. The molecule has 0 saturated carbocycles. The third-order valence-electron chi connectivity index (χ3n) is 3.88. The molecule has 1 heterocycles. The Kier molecular flexibility index (Phi) is 7.59. The Morgan fingerprint density at radius 3 is 2.70 bits per heavy atom. The first-order valence-electron chi connectivity index (χ1n) is 9.14. The monoisotopic (exact) mass is 442 g/mol. The van der Waals surface area contributed by atoms with Crippen LogP contribution in [-0.2, 0) is 11.2 Å². The van der Waals surface area contributed by atoms with Gasteiger partial charge in [0, 0.05) is 4.88 Å². The summed E-state index contributed by atoms with van der Waals surface area (Å²) >= 11 is 7.57. The van der Waals surface area contributed by atoms with Crippen molar-refractivity contribution in [3.63, 3.8) is 0 Å². The lowest BCUT2D eigenvalue weighted by atomic mass is 10.2. The van der Waals surface area contributed by atoms with Crippen LogP contribution in [0.5, 0.6) is 11.5 Å². The Labute approximate surface area is 183 Å². The number of ether oxygens (including phenoxy) is 2. The molecule has 3 aromatic rings. The molecule has 154 valence electrons. The van der Waals surface area contributed by atoms with E-state index in [1.165, 1.54) is 17.6 Å². The summed E-state index contributed by atoms with van der Waals surface area (Å²) in [4.78, 5) is 25.3. The fourth-order valence-corrected chi connectivity index (χ4v) is 3.45. The molecule has 6 nitrogen and oxygen atoms in total. The van der Waals surface area contributed by atoms with Crippen LogP contribution in [0.2, 0.25) is 5.02 Å². The number of nitrogens with zero attached hydrogens (tertiary/aromatic N) is 1. The molecule has 30 heavy (non-hydrogen) atoms. The molecule has 1 aromatic heterocycles. The van der Waals surface area contributed by atoms with Crippen LogP contribution in [0.3, 0.4) is 0 Å². The Hall–Kier alpha value is -3.16. The van der Waals surface area contributed by atoms with Crippen molar-refractivity contribution in [2.24, 2.45) is 5.10 Å². The van der Waals surface area contributed by atoms with Gasteiger partial charge in [-0.2, -0.15) is 5.10 Å². The highest BCUT2D eigenvalue weighted by Gasteiger charge is 2.15. The van der Waals surface area contributed by atoms with Crippen molar-refractivity contribution in [1.29, 1.82) is 0 Å². The number of hydrogen-bond acceptors (Lipinski definition) is 6. The van der Waals surface area contributed by atoms with Crippen LogP contribution in [0, 0.1) is 0 Å². The van der Waals surface area contributed by atoms with Crippen molar-refractivity contribution in [1.82, 2.24) is 5.43 Å². The van der Waals surface area contributed by atoms with E-state index in [9.17, 15) is 9.59 Å². The van der Waals surface area contributed by atoms with E-state index in [0.717, 1.165) is 4.88 Å². The molecule has 0 aliphatic rings. The number of halogens is 1. The van der Waals surface area contributed by atoms with E-state index in [2.05, 4.69) is 10.5 Å². The average Bonchev–Trinajstić information content (AvgIpc) is 3.23. The summed E-state index contributed by atoms with van der Waals surface area (Å²) in [5, 5.41) is 6.20. The molecule has 2 aromatic carbocycles. The maximum Gasteiger partial charge on any atom is 0.345 e. The maximum absolute atomic E-state index is 12.4. The van der Waals surface area contributed by atoms with Crippen LogP contribution in [-0.4, -0.2) is 24.7 Å². The largest absolute Gasteiger partial charge is 0.490 e. The molecule has 0 bridgehead atoms. The molecule has 0 spiro atoms. The smallest absolute Gasteiger partial charge is 0.345 e. The molecule has 0 aliphatic carbocycles. The predicted molar refractivity (Wildman–Crippen MR) is 118 cm³/mol. The molecule has 1 amide bonds. The van der Waals surface area contributed by atoms with Crippen LogP contribution in [0.1, 0.15) is 27.7 Å². The normalized spacial score (nSPS) is 10.7. The standard InChI is InChI=1S/C22H19ClN2O4S/c1-2-28-20-12-15(14-24-25-21(26)13-16-6-5-11-30-16)9-10-19(20)29-22(27)17-7-3-4-8-18(17)23/h3-12,14H,2,13H2,1H3,(H,25,26)/b24-14+. The lowest BCUT2D eigenvalue weighted by Gasteiger charge is -2.12. The van der Waals surface area contributed by atoms with Gasteiger partial charge < -0.3 is 9.47 Å². The van der Waals surface area contributed by atoms with Gasteiger partial charge in [0.15, 0.2) is 11.5 Å². The van der Waals surface area contributed by atoms with Gasteiger partial charge in [-0.15, -0.1) is 11.3 Å². The Morgan fingerprint density at radius 1 is 1.13 bits per heavy atom. The summed E-state index contributed by atoms with van der Waals surface area (Å²) in [6, 6.07) is 15.4. The second-order valence-corrected chi connectivity index (χ2v) is 7.50. The number of nitrogens with one attached hydrogen (secondary N) is 1. The fraction of sp³-hybridized carbons (Fsp3) is 0.136. The van der Waals surface area contributed by atoms with Gasteiger partial charge in [-0.05, 0) is 54.3 Å². The SMILES string of the molecule is CCOc1cc(/C=N/NC(=O)Cc2cccs2)ccc1OC(=O)c1ccccc1Cl. The second-order valence-electron chi connectivity index (χ2n) is 6.06. The van der Waals surface area contributed by atoms with E-state index in [0.29, 0.717) is 22.9 Å². The summed E-state index contributed by atoms with van der Waals surface area (Å²) in [5.74, 6) is -0.139. The van der Waals surface area contributed by atoms with E-state index in [-0.39, 0.29) is 23.6 Å². The number of amides is 1. The Balaban J connectivity index is 1.67. The quantitative estimate of drug-likeness (QED) is 0.237. The van der Waals surface area contributed by atoms with Crippen molar-refractivity contribution < 1.29 is 19.1 Å². The average molecular weight is 443 g/mol. The number of hydrazone groups is 1. The molecule has 8 heteroatoms. The molecule has 0 unspecified atom stereocenters. The van der Waals surface area contributed by atoms with Crippen molar-refractivity contribution in [2.45, 2.75) is 13.3 Å². The van der Waals surface area contributed by atoms with Crippen molar-refractivity contribution in [3.8, 4) is 11.5 Å². The highest BCUT2D eigenvalue weighted by atomic mass is 35.5. The number of hydrogen-bond donors (Lipinski definition) is 1. The van der Waals surface area contributed by atoms with E-state index < -0.39 is 5.97 Å². The summed E-state index contributed by atoms with van der Waals surface area (Å²) in [6.07, 6.45) is 1.77. The highest BCUT2D eigenvalue weighted by molar-refractivity contribution is 7.10. The molecule has 0 fully saturated rings. The summed E-state index contributed by atoms with van der Waals surface area (Å²) in [6.45, 7) is 2.21. The fourth-order valence-electron chi connectivity index (χ4n) is 2.53. The van der Waals surface area contributed by atoms with Gasteiger partial charge in [-0.25, -0.2) is 10.2 Å². The number of carbonyl (C=O) groups is 2. The zero-order valence-electron chi connectivity index (χ0n) is 16.1. The van der Waals surface area contributed by atoms with Gasteiger partial charge in [-0.1, -0.05) is 29.8 Å². The molecule has 0 atom stereocenters. The Bertz CT molecular complexity index is 1050. The zero-order valence-corrected chi connectivity index (χ0v) is 17.7. The first-order chi connectivity index (χ1) is 14.6. The van der Waals surface area contributed by atoms with E-state index in [1.54, 1.807) is 42.5 Å². The maximum atomic E-state index is 12.4. The second kappa shape index (κ2) is 10.6. The highest BCUT2D eigenvalue weighted by Crippen LogP contribution is 2.29. The Morgan fingerprint density at radius 2 is 1.97 bits per heavy atom. The minimum absolute atomic E-state index is 0.205. The van der Waals surface area contributed by atoms with Crippen molar-refractivity contribution in [2.75, 3.05) is 6.61 Å². The van der Waals surface area contributed by atoms with Gasteiger partial charge in [0.25, 0.3) is 0 Å². The van der Waals surface area contributed by atoms with Crippen LogP contribution in [0.25, 0.3) is 0 Å². The number of esters is 1. The lowest BCUT2D eigenvalue weighted by molar-refractivity contribution is -0.120. The van der Waals surface area contributed by atoms with E-state index in [1.807, 2.05) is 24.4 Å². The molecular formula is C22H19ClN2O4S. The number of carbonyl (C=O) groups excluding carboxylic acids is 2. The first-order valence-corrected chi connectivity index (χ1v) is 10.4. The van der Waals surface area contributed by atoms with Gasteiger partial charge in [0.1, 0.15) is 0 Å². The molecule has 3 rings (SSSR count). The van der Waals surface area contributed by atoms with Crippen molar-refractivity contribution >= 4 is 41.0 Å². The van der Waals surface area contributed by atoms with E-state index >= 15 is 0 Å². The molecular weight excluding hydrogens is 424 g/mol. The van der Waals surface area contributed by atoms with E-state index in [4.69, 9.17) is 21.1 Å². The summed E-state index contributed by atoms with van der Waals surface area (Å²) in [7, 11) is 0. The molecule has 1 N–H and O–H groups in total. The summed E-state index contributed by atoms with van der Waals surface area (Å²) in [5.41, 5.74) is 3.43. The number of rotatable bonds is 8. The van der Waals surface area contributed by atoms with Gasteiger partial charge in [0.2, 0.25) is 5.91 Å². The van der Waals surface area contributed by atoms with Gasteiger partial charge in [0.05, 0.1) is 29.8 Å². The zero-order chi connectivity index (χ0) is 21.3. The predicted octanol–water partition coefficient (Wildman–Crippen LogP) is 4.71.